The molecule has 3 aliphatic rings. The standard InChI is InChI=1S/C34H50N8O10/c1-7-19(2)27-32(49)40-25(15-22(44)16-35-40)31(48)39(6)28(34(3,4)51)33(50)41-24(14-21(43)17-36-41)30(47)38(5)18-26(45)37-23(29(46)42(27)52)13-20-11-9-8-10-12-20/h8-12,19,21,23-25,27-28,35-36,43,51-52H,7,13-18H2,1-6H3,(H,37,45)/t19?,21-,23-,24-,25-,27?,28-/m1/s1. The minimum absolute atomic E-state index is 0.108. The molecular formula is C34H50N8O10. The number of fused-ring (bicyclic) bond motifs is 2. The molecule has 6 N–H and O–H groups in total. The van der Waals surface area contributed by atoms with Crippen molar-refractivity contribution in [2.24, 2.45) is 5.92 Å². The Morgan fingerprint density at radius 2 is 1.52 bits per heavy atom. The highest BCUT2D eigenvalue weighted by atomic mass is 16.5. The number of hydroxylamine groups is 2. The summed E-state index contributed by atoms with van der Waals surface area (Å²) in [5, 5.41) is 37.9. The van der Waals surface area contributed by atoms with Gasteiger partial charge in [0.1, 0.15) is 30.2 Å². The zero-order chi connectivity index (χ0) is 38.7. The van der Waals surface area contributed by atoms with Crippen molar-refractivity contribution in [3.05, 3.63) is 35.9 Å². The number of hydrazine groups is 2. The molecule has 0 radical (unpaired) electrons. The van der Waals surface area contributed by atoms with Crippen molar-refractivity contribution in [2.45, 2.75) is 95.3 Å². The minimum atomic E-state index is -1.96. The van der Waals surface area contributed by atoms with Crippen LogP contribution in [0.4, 0.5) is 0 Å². The molecule has 18 heteroatoms. The molecule has 0 bridgehead atoms. The first-order valence-corrected chi connectivity index (χ1v) is 17.3. The van der Waals surface area contributed by atoms with Gasteiger partial charge in [-0.05, 0) is 25.3 Å². The Bertz CT molecular complexity index is 1540. The van der Waals surface area contributed by atoms with Gasteiger partial charge in [0.25, 0.3) is 17.7 Å². The van der Waals surface area contributed by atoms with Crippen molar-refractivity contribution >= 4 is 41.2 Å². The van der Waals surface area contributed by atoms with Crippen LogP contribution in [0.25, 0.3) is 0 Å². The van der Waals surface area contributed by atoms with Gasteiger partial charge in [0.05, 0.1) is 24.8 Å². The predicted octanol–water partition coefficient (Wildman–Crippen LogP) is -2.44. The highest BCUT2D eigenvalue weighted by Gasteiger charge is 2.50. The van der Waals surface area contributed by atoms with E-state index in [1.54, 1.807) is 44.2 Å². The number of hydrogen-bond donors (Lipinski definition) is 6. The van der Waals surface area contributed by atoms with Crippen molar-refractivity contribution in [2.75, 3.05) is 33.7 Å². The van der Waals surface area contributed by atoms with Gasteiger partial charge in [-0.1, -0.05) is 50.6 Å². The number of Topliss-reactive ketones (excluding diaryl/α,β-unsaturated/α-hetero) is 1. The van der Waals surface area contributed by atoms with E-state index in [0.29, 0.717) is 5.56 Å². The lowest BCUT2D eigenvalue weighted by atomic mass is 9.92. The van der Waals surface area contributed by atoms with Crippen molar-refractivity contribution < 1.29 is 49.0 Å². The Hall–Kier alpha value is -4.49. The van der Waals surface area contributed by atoms with Gasteiger partial charge in [-0.2, -0.15) is 0 Å². The predicted molar refractivity (Wildman–Crippen MR) is 182 cm³/mol. The van der Waals surface area contributed by atoms with Gasteiger partial charge < -0.3 is 25.3 Å². The first-order chi connectivity index (χ1) is 24.4. The highest BCUT2D eigenvalue weighted by molar-refractivity contribution is 6.00. The first-order valence-electron chi connectivity index (χ1n) is 17.3. The molecule has 1 aromatic rings. The Labute approximate surface area is 301 Å². The molecule has 0 aliphatic carbocycles. The molecule has 1 aromatic carbocycles. The average molecular weight is 731 g/mol. The highest BCUT2D eigenvalue weighted by Crippen LogP contribution is 2.26. The topological polar surface area (TPSA) is 232 Å². The maximum Gasteiger partial charge on any atom is 0.269 e. The number of rotatable bonds is 5. The van der Waals surface area contributed by atoms with Gasteiger partial charge in [-0.3, -0.25) is 48.8 Å². The van der Waals surface area contributed by atoms with Crippen molar-refractivity contribution in [3.63, 3.8) is 0 Å². The van der Waals surface area contributed by atoms with Crippen LogP contribution in [0.15, 0.2) is 30.3 Å². The number of nitrogens with one attached hydrogen (secondary N) is 3. The van der Waals surface area contributed by atoms with Gasteiger partial charge in [-0.25, -0.2) is 15.9 Å². The molecule has 3 fully saturated rings. The van der Waals surface area contributed by atoms with Crippen molar-refractivity contribution in [3.8, 4) is 0 Å². The van der Waals surface area contributed by atoms with Crippen LogP contribution in [0, 0.1) is 5.92 Å². The summed E-state index contributed by atoms with van der Waals surface area (Å²) in [6.45, 7) is 4.75. The summed E-state index contributed by atoms with van der Waals surface area (Å²) in [5.41, 5.74) is 4.00. The van der Waals surface area contributed by atoms with E-state index in [-0.39, 0.29) is 37.4 Å². The zero-order valence-corrected chi connectivity index (χ0v) is 30.3. The summed E-state index contributed by atoms with van der Waals surface area (Å²) in [4.78, 5) is 99.1. The van der Waals surface area contributed by atoms with Gasteiger partial charge in [0.15, 0.2) is 5.78 Å². The maximum absolute atomic E-state index is 14.4. The summed E-state index contributed by atoms with van der Waals surface area (Å²) in [6.07, 6.45) is -1.66. The summed E-state index contributed by atoms with van der Waals surface area (Å²) in [7, 11) is 2.50. The number of aliphatic hydroxyl groups excluding tert-OH is 1. The molecule has 7 atom stereocenters. The van der Waals surface area contributed by atoms with E-state index in [1.807, 2.05) is 0 Å². The summed E-state index contributed by atoms with van der Waals surface area (Å²) in [6, 6.07) is 0.897. The van der Waals surface area contributed by atoms with Crippen LogP contribution >= 0.6 is 0 Å². The molecule has 3 aliphatic heterocycles. The van der Waals surface area contributed by atoms with Gasteiger partial charge in [-0.15, -0.1) is 0 Å². The van der Waals surface area contributed by atoms with Gasteiger partial charge in [0.2, 0.25) is 17.7 Å². The van der Waals surface area contributed by atoms with E-state index >= 15 is 0 Å². The fraction of sp³-hybridized carbons (Fsp3) is 0.618. The number of carbonyl (C=O) groups excluding carboxylic acids is 7. The van der Waals surface area contributed by atoms with Crippen LogP contribution in [0.5, 0.6) is 0 Å². The van der Waals surface area contributed by atoms with Crippen LogP contribution in [-0.4, -0.2) is 157 Å². The molecule has 0 spiro atoms. The molecule has 3 saturated heterocycles. The number of hydrogen-bond acceptors (Lipinski definition) is 12. The second kappa shape index (κ2) is 16.5. The van der Waals surface area contributed by atoms with E-state index in [0.717, 1.165) is 19.8 Å². The van der Waals surface area contributed by atoms with E-state index in [4.69, 9.17) is 0 Å². The molecule has 3 heterocycles. The second-order valence-corrected chi connectivity index (χ2v) is 14.3. The number of aliphatic hydroxyl groups is 2. The Kier molecular flexibility index (Phi) is 12.7. The van der Waals surface area contributed by atoms with Gasteiger partial charge >= 0.3 is 0 Å². The summed E-state index contributed by atoms with van der Waals surface area (Å²) < 4.78 is 0. The van der Waals surface area contributed by atoms with Crippen LogP contribution in [0.1, 0.15) is 52.5 Å². The average Bonchev–Trinajstić information content (AvgIpc) is 3.09. The van der Waals surface area contributed by atoms with Crippen LogP contribution in [0.3, 0.4) is 0 Å². The van der Waals surface area contributed by atoms with Gasteiger partial charge in [0, 0.05) is 39.9 Å². The number of β-amino-alcohol motifs (C(OH)–C–C–N with tert-alkyl or cyclic N) is 1. The Morgan fingerprint density at radius 1 is 0.885 bits per heavy atom. The summed E-state index contributed by atoms with van der Waals surface area (Å²) >= 11 is 0. The quantitative estimate of drug-likeness (QED) is 0.174. The number of likely N-dealkylation sites (N-methyl/N-ethyl adjacent to an activating group) is 2. The number of carbonyl (C=O) groups is 7. The minimum Gasteiger partial charge on any atom is -0.392 e. The van der Waals surface area contributed by atoms with Crippen molar-refractivity contribution in [1.82, 2.24) is 41.0 Å². The van der Waals surface area contributed by atoms with E-state index in [1.165, 1.54) is 27.9 Å². The lowest BCUT2D eigenvalue weighted by Gasteiger charge is -2.46. The lowest BCUT2D eigenvalue weighted by Crippen LogP contribution is -2.71. The molecule has 4 rings (SSSR count). The molecular weight excluding hydrogens is 680 g/mol. The van der Waals surface area contributed by atoms with E-state index < -0.39 is 102 Å². The van der Waals surface area contributed by atoms with E-state index in [2.05, 4.69) is 16.2 Å². The zero-order valence-electron chi connectivity index (χ0n) is 30.3. The molecule has 18 nitrogen and oxygen atoms in total. The van der Waals surface area contributed by atoms with Crippen LogP contribution in [-0.2, 0) is 40.0 Å². The summed E-state index contributed by atoms with van der Waals surface area (Å²) in [5.74, 6) is -6.58. The third-order valence-electron chi connectivity index (χ3n) is 9.76. The van der Waals surface area contributed by atoms with Crippen LogP contribution < -0.4 is 16.2 Å². The lowest BCUT2D eigenvalue weighted by molar-refractivity contribution is -0.193. The fourth-order valence-corrected chi connectivity index (χ4v) is 6.82. The smallest absolute Gasteiger partial charge is 0.269 e. The van der Waals surface area contributed by atoms with Crippen molar-refractivity contribution in [1.29, 1.82) is 0 Å². The maximum atomic E-state index is 14.4. The largest absolute Gasteiger partial charge is 0.392 e. The fourth-order valence-electron chi connectivity index (χ4n) is 6.82. The third kappa shape index (κ3) is 8.75. The second-order valence-electron chi connectivity index (χ2n) is 14.3. The number of ketones is 1. The third-order valence-corrected chi connectivity index (χ3v) is 9.76. The molecule has 52 heavy (non-hydrogen) atoms. The molecule has 2 unspecified atom stereocenters. The molecule has 0 aromatic heterocycles. The normalized spacial score (nSPS) is 28.6. The molecule has 0 saturated carbocycles. The monoisotopic (exact) mass is 730 g/mol. The SMILES string of the molecule is CCC(C)C1C(=O)N2NCC(=O)C[C@@H]2C(=O)N(C)[C@@H](C(C)(C)O)C(=O)N2NC[C@H](O)C[C@@H]2C(=O)N(C)CC(=O)N[C@H](Cc2ccccc2)C(=O)N1O. The number of nitrogens with zero attached hydrogens (tertiary/aromatic N) is 5. The first kappa shape index (κ1) is 40.3. The van der Waals surface area contributed by atoms with E-state index in [9.17, 15) is 49.0 Å². The number of benzene rings is 1. The molecule has 286 valence electrons. The van der Waals surface area contributed by atoms with Crippen LogP contribution in [0.2, 0.25) is 0 Å². The Balaban J connectivity index is 1.87. The number of amides is 6. The Morgan fingerprint density at radius 3 is 2.13 bits per heavy atom. The molecule has 6 amide bonds.